The predicted octanol–water partition coefficient (Wildman–Crippen LogP) is 3.12. The Hall–Kier alpha value is -2.77. The van der Waals surface area contributed by atoms with Crippen LogP contribution in [0.4, 0.5) is 8.78 Å². The first-order valence-electron chi connectivity index (χ1n) is 7.88. The number of amides is 1. The number of halogens is 2. The number of hydrogen-bond acceptors (Lipinski definition) is 4. The molecule has 1 atom stereocenters. The second-order valence-corrected chi connectivity index (χ2v) is 6.25. The lowest BCUT2D eigenvalue weighted by molar-refractivity contribution is -0.125. The van der Waals surface area contributed by atoms with E-state index in [1.165, 1.54) is 6.33 Å². The molecule has 1 amide bonds. The molecular formula is C17H18F2N4O2. The number of benzene rings is 1. The molecule has 6 nitrogen and oxygen atoms in total. The lowest BCUT2D eigenvalue weighted by atomic mass is 10.0. The molecule has 0 unspecified atom stereocenters. The van der Waals surface area contributed by atoms with Gasteiger partial charge in [0.05, 0.1) is 29.6 Å². The Morgan fingerprint density at radius 3 is 2.64 bits per heavy atom. The van der Waals surface area contributed by atoms with Gasteiger partial charge in [0.15, 0.2) is 17.4 Å². The lowest BCUT2D eigenvalue weighted by Gasteiger charge is -2.22. The zero-order chi connectivity index (χ0) is 18.1. The van der Waals surface area contributed by atoms with Gasteiger partial charge < -0.3 is 14.4 Å². The standard InChI is InChI=1S/C17H18F2N4O2/c1-9(2)16(17(24)20-7-11-4-10(3)22-25-11)23-8-21-14-5-12(18)13(19)6-15(14)23/h4-6,8-9,16H,7H2,1-3H3,(H,20,24)/t16-/m1/s1. The van der Waals surface area contributed by atoms with E-state index in [1.807, 2.05) is 13.8 Å². The molecule has 1 N–H and O–H groups in total. The average Bonchev–Trinajstić information content (AvgIpc) is 3.13. The molecule has 8 heteroatoms. The molecule has 2 heterocycles. The van der Waals surface area contributed by atoms with Crippen LogP contribution in [0.2, 0.25) is 0 Å². The highest BCUT2D eigenvalue weighted by molar-refractivity contribution is 5.84. The maximum Gasteiger partial charge on any atom is 0.243 e. The van der Waals surface area contributed by atoms with Crippen LogP contribution in [0, 0.1) is 24.5 Å². The number of imidazole rings is 1. The number of aryl methyl sites for hydroxylation is 1. The van der Waals surface area contributed by atoms with Crippen LogP contribution >= 0.6 is 0 Å². The molecule has 0 saturated heterocycles. The normalized spacial score (nSPS) is 12.7. The summed E-state index contributed by atoms with van der Waals surface area (Å²) in [5, 5.41) is 6.55. The van der Waals surface area contributed by atoms with E-state index in [1.54, 1.807) is 17.6 Å². The van der Waals surface area contributed by atoms with E-state index in [0.717, 1.165) is 17.8 Å². The SMILES string of the molecule is Cc1cc(CNC(=O)[C@@H](C(C)C)n2cnc3cc(F)c(F)cc32)on1. The highest BCUT2D eigenvalue weighted by Gasteiger charge is 2.26. The minimum atomic E-state index is -0.978. The van der Waals surface area contributed by atoms with Gasteiger partial charge in [0.1, 0.15) is 6.04 Å². The fraction of sp³-hybridized carbons (Fsp3) is 0.353. The molecule has 0 saturated carbocycles. The molecular weight excluding hydrogens is 330 g/mol. The summed E-state index contributed by atoms with van der Waals surface area (Å²) in [6, 6.07) is 3.18. The van der Waals surface area contributed by atoms with Crippen molar-refractivity contribution < 1.29 is 18.1 Å². The molecule has 0 aliphatic rings. The quantitative estimate of drug-likeness (QED) is 0.769. The average molecular weight is 348 g/mol. The van der Waals surface area contributed by atoms with Gasteiger partial charge in [0.25, 0.3) is 0 Å². The summed E-state index contributed by atoms with van der Waals surface area (Å²) in [6.45, 7) is 5.72. The Labute approximate surface area is 142 Å². The van der Waals surface area contributed by atoms with Crippen LogP contribution < -0.4 is 5.32 Å². The van der Waals surface area contributed by atoms with Gasteiger partial charge >= 0.3 is 0 Å². The van der Waals surface area contributed by atoms with Crippen LogP contribution in [0.25, 0.3) is 11.0 Å². The number of nitrogens with one attached hydrogen (secondary N) is 1. The van der Waals surface area contributed by atoms with Gasteiger partial charge in [-0.1, -0.05) is 19.0 Å². The second-order valence-electron chi connectivity index (χ2n) is 6.25. The maximum atomic E-state index is 13.6. The molecule has 0 spiro atoms. The predicted molar refractivity (Wildman–Crippen MR) is 86.6 cm³/mol. The van der Waals surface area contributed by atoms with Crippen molar-refractivity contribution >= 4 is 16.9 Å². The van der Waals surface area contributed by atoms with Crippen LogP contribution in [0.1, 0.15) is 31.3 Å². The largest absolute Gasteiger partial charge is 0.359 e. The Balaban J connectivity index is 1.88. The van der Waals surface area contributed by atoms with Crippen molar-refractivity contribution in [2.75, 3.05) is 0 Å². The maximum absolute atomic E-state index is 13.6. The molecule has 132 valence electrons. The molecule has 0 bridgehead atoms. The summed E-state index contributed by atoms with van der Waals surface area (Å²) in [5.41, 5.74) is 1.38. The fourth-order valence-corrected chi connectivity index (χ4v) is 2.77. The summed E-state index contributed by atoms with van der Waals surface area (Å²) in [6.07, 6.45) is 1.42. The molecule has 3 aromatic rings. The van der Waals surface area contributed by atoms with Gasteiger partial charge in [-0.05, 0) is 12.8 Å². The van der Waals surface area contributed by atoms with Gasteiger partial charge in [-0.2, -0.15) is 0 Å². The minimum absolute atomic E-state index is 0.0954. The van der Waals surface area contributed by atoms with Gasteiger partial charge in [-0.15, -0.1) is 0 Å². The zero-order valence-electron chi connectivity index (χ0n) is 14.1. The van der Waals surface area contributed by atoms with E-state index in [9.17, 15) is 13.6 Å². The van der Waals surface area contributed by atoms with E-state index in [0.29, 0.717) is 16.8 Å². The zero-order valence-corrected chi connectivity index (χ0v) is 14.1. The Morgan fingerprint density at radius 1 is 1.28 bits per heavy atom. The molecule has 3 rings (SSSR count). The first-order chi connectivity index (χ1) is 11.9. The minimum Gasteiger partial charge on any atom is -0.359 e. The third kappa shape index (κ3) is 3.38. The van der Waals surface area contributed by atoms with Crippen molar-refractivity contribution in [2.45, 2.75) is 33.4 Å². The third-order valence-corrected chi connectivity index (χ3v) is 3.93. The van der Waals surface area contributed by atoms with Crippen molar-refractivity contribution in [3.63, 3.8) is 0 Å². The summed E-state index contributed by atoms with van der Waals surface area (Å²) < 4.78 is 33.6. The summed E-state index contributed by atoms with van der Waals surface area (Å²) in [5.74, 6) is -1.77. The molecule has 0 radical (unpaired) electrons. The van der Waals surface area contributed by atoms with Gasteiger partial charge in [0, 0.05) is 18.2 Å². The van der Waals surface area contributed by atoms with Crippen molar-refractivity contribution in [3.05, 3.63) is 47.6 Å². The van der Waals surface area contributed by atoms with Crippen LogP contribution in [0.3, 0.4) is 0 Å². The van der Waals surface area contributed by atoms with Crippen LogP contribution in [-0.4, -0.2) is 20.6 Å². The van der Waals surface area contributed by atoms with E-state index >= 15 is 0 Å². The number of hydrogen-bond donors (Lipinski definition) is 1. The molecule has 0 aliphatic carbocycles. The number of carbonyl (C=O) groups is 1. The van der Waals surface area contributed by atoms with Crippen molar-refractivity contribution in [1.82, 2.24) is 20.0 Å². The summed E-state index contributed by atoms with van der Waals surface area (Å²) in [7, 11) is 0. The number of carbonyl (C=O) groups excluding carboxylic acids is 1. The number of aromatic nitrogens is 3. The highest BCUT2D eigenvalue weighted by atomic mass is 19.2. The fourth-order valence-electron chi connectivity index (χ4n) is 2.77. The van der Waals surface area contributed by atoms with Crippen molar-refractivity contribution in [2.24, 2.45) is 5.92 Å². The third-order valence-electron chi connectivity index (χ3n) is 3.93. The first-order valence-corrected chi connectivity index (χ1v) is 7.88. The van der Waals surface area contributed by atoms with Gasteiger partial charge in [-0.3, -0.25) is 4.79 Å². The lowest BCUT2D eigenvalue weighted by Crippen LogP contribution is -2.34. The number of rotatable bonds is 5. The highest BCUT2D eigenvalue weighted by Crippen LogP contribution is 2.25. The van der Waals surface area contributed by atoms with Crippen LogP contribution in [0.15, 0.2) is 29.0 Å². The smallest absolute Gasteiger partial charge is 0.243 e. The Kier molecular flexibility index (Phi) is 4.52. The van der Waals surface area contributed by atoms with Crippen molar-refractivity contribution in [3.8, 4) is 0 Å². The molecule has 25 heavy (non-hydrogen) atoms. The molecule has 1 aromatic carbocycles. The second kappa shape index (κ2) is 6.62. The molecule has 0 aliphatic heterocycles. The monoisotopic (exact) mass is 348 g/mol. The van der Waals surface area contributed by atoms with E-state index in [2.05, 4.69) is 15.5 Å². The van der Waals surface area contributed by atoms with E-state index < -0.39 is 17.7 Å². The summed E-state index contributed by atoms with van der Waals surface area (Å²) >= 11 is 0. The topological polar surface area (TPSA) is 73.0 Å². The first kappa shape index (κ1) is 17.1. The van der Waals surface area contributed by atoms with Gasteiger partial charge in [-0.25, -0.2) is 13.8 Å². The van der Waals surface area contributed by atoms with E-state index in [4.69, 9.17) is 4.52 Å². The summed E-state index contributed by atoms with van der Waals surface area (Å²) in [4.78, 5) is 16.7. The van der Waals surface area contributed by atoms with Crippen LogP contribution in [-0.2, 0) is 11.3 Å². The Bertz CT molecular complexity index is 917. The molecule has 2 aromatic heterocycles. The number of fused-ring (bicyclic) bond motifs is 1. The Morgan fingerprint density at radius 2 is 2.00 bits per heavy atom. The van der Waals surface area contributed by atoms with Gasteiger partial charge in [0.2, 0.25) is 5.91 Å². The molecule has 0 fully saturated rings. The van der Waals surface area contributed by atoms with Crippen LogP contribution in [0.5, 0.6) is 0 Å². The van der Waals surface area contributed by atoms with Crippen molar-refractivity contribution in [1.29, 1.82) is 0 Å². The number of nitrogens with zero attached hydrogens (tertiary/aromatic N) is 3. The van der Waals surface area contributed by atoms with E-state index in [-0.39, 0.29) is 18.4 Å².